The van der Waals surface area contributed by atoms with Crippen LogP contribution in [0.5, 0.6) is 0 Å². The predicted molar refractivity (Wildman–Crippen MR) is 123 cm³/mol. The molecule has 0 saturated carbocycles. The summed E-state index contributed by atoms with van der Waals surface area (Å²) in [5.41, 5.74) is 1.65. The molecular formula is C20H27ClN4O3S2. The summed E-state index contributed by atoms with van der Waals surface area (Å²) in [5.74, 6) is -0.158. The van der Waals surface area contributed by atoms with Gasteiger partial charge in [0.1, 0.15) is 4.21 Å². The Morgan fingerprint density at radius 3 is 2.63 bits per heavy atom. The Hall–Kier alpha value is -1.65. The Balaban J connectivity index is 1.57. The number of halogens is 1. The third kappa shape index (κ3) is 5.73. The lowest BCUT2D eigenvalue weighted by molar-refractivity contribution is -0.116. The van der Waals surface area contributed by atoms with E-state index in [4.69, 9.17) is 11.6 Å². The lowest BCUT2D eigenvalue weighted by Gasteiger charge is -2.35. The molecule has 10 heteroatoms. The standard InChI is InChI=1S/C20H27ClN4O3S2/c1-23-10-12-25(13-11-23)18-8-7-16(21)15-17(18)22-19(26)5-3-9-24(2)30(27,28)20-6-4-14-29-20/h4,6-8,14-15H,3,5,9-13H2,1-2H3,(H,22,26). The molecular weight excluding hydrogens is 444 g/mol. The second-order valence-electron chi connectivity index (χ2n) is 7.36. The normalized spacial score (nSPS) is 15.5. The van der Waals surface area contributed by atoms with Gasteiger partial charge in [0.25, 0.3) is 10.0 Å². The molecule has 1 fully saturated rings. The predicted octanol–water partition coefficient (Wildman–Crippen LogP) is 3.19. The first kappa shape index (κ1) is 23.0. The molecule has 0 atom stereocenters. The van der Waals surface area contributed by atoms with Crippen molar-refractivity contribution in [2.24, 2.45) is 0 Å². The van der Waals surface area contributed by atoms with Crippen molar-refractivity contribution in [3.05, 3.63) is 40.7 Å². The number of nitrogens with zero attached hydrogens (tertiary/aromatic N) is 3. The number of nitrogens with one attached hydrogen (secondary N) is 1. The summed E-state index contributed by atoms with van der Waals surface area (Å²) < 4.78 is 26.5. The van der Waals surface area contributed by atoms with Crippen LogP contribution in [0.15, 0.2) is 39.9 Å². The molecule has 2 heterocycles. The Labute approximate surface area is 187 Å². The number of anilines is 2. The summed E-state index contributed by atoms with van der Waals surface area (Å²) in [4.78, 5) is 17.0. The SMILES string of the molecule is CN1CCN(c2ccc(Cl)cc2NC(=O)CCCN(C)S(=O)(=O)c2cccs2)CC1. The van der Waals surface area contributed by atoms with E-state index in [2.05, 4.69) is 22.2 Å². The van der Waals surface area contributed by atoms with Gasteiger partial charge in [-0.25, -0.2) is 12.7 Å². The van der Waals surface area contributed by atoms with E-state index in [0.29, 0.717) is 21.3 Å². The van der Waals surface area contributed by atoms with Crippen LogP contribution in [0, 0.1) is 0 Å². The van der Waals surface area contributed by atoms with Crippen molar-refractivity contribution in [3.8, 4) is 0 Å². The van der Waals surface area contributed by atoms with Crippen molar-refractivity contribution in [1.29, 1.82) is 0 Å². The number of hydrogen-bond donors (Lipinski definition) is 1. The van der Waals surface area contributed by atoms with Crippen LogP contribution in [-0.2, 0) is 14.8 Å². The topological polar surface area (TPSA) is 73.0 Å². The number of benzene rings is 1. The Morgan fingerprint density at radius 2 is 1.97 bits per heavy atom. The minimum Gasteiger partial charge on any atom is -0.367 e. The maximum Gasteiger partial charge on any atom is 0.252 e. The summed E-state index contributed by atoms with van der Waals surface area (Å²) >= 11 is 7.34. The largest absolute Gasteiger partial charge is 0.367 e. The van der Waals surface area contributed by atoms with Gasteiger partial charge in [-0.2, -0.15) is 0 Å². The van der Waals surface area contributed by atoms with Crippen molar-refractivity contribution in [1.82, 2.24) is 9.21 Å². The van der Waals surface area contributed by atoms with Crippen molar-refractivity contribution >= 4 is 50.2 Å². The molecule has 1 aromatic carbocycles. The van der Waals surface area contributed by atoms with E-state index in [0.717, 1.165) is 31.9 Å². The Bertz CT molecular complexity index is 958. The molecule has 0 aliphatic carbocycles. The van der Waals surface area contributed by atoms with Crippen LogP contribution in [0.25, 0.3) is 0 Å². The minimum atomic E-state index is -3.49. The van der Waals surface area contributed by atoms with E-state index in [1.165, 1.54) is 22.7 Å². The smallest absolute Gasteiger partial charge is 0.252 e. The van der Waals surface area contributed by atoms with Gasteiger partial charge in [-0.05, 0) is 43.1 Å². The fraction of sp³-hybridized carbons (Fsp3) is 0.450. The number of thiophene rings is 1. The Kier molecular flexibility index (Phi) is 7.75. The van der Waals surface area contributed by atoms with Crippen LogP contribution in [0.3, 0.4) is 0 Å². The van der Waals surface area contributed by atoms with Gasteiger partial charge in [-0.3, -0.25) is 4.79 Å². The van der Waals surface area contributed by atoms with Crippen LogP contribution in [0.4, 0.5) is 11.4 Å². The number of sulfonamides is 1. The highest BCUT2D eigenvalue weighted by molar-refractivity contribution is 7.91. The highest BCUT2D eigenvalue weighted by Gasteiger charge is 2.22. The molecule has 0 unspecified atom stereocenters. The van der Waals surface area contributed by atoms with Crippen LogP contribution in [0.1, 0.15) is 12.8 Å². The Morgan fingerprint density at radius 1 is 1.23 bits per heavy atom. The first-order valence-electron chi connectivity index (χ1n) is 9.80. The summed E-state index contributed by atoms with van der Waals surface area (Å²) in [6.07, 6.45) is 0.649. The van der Waals surface area contributed by atoms with Crippen molar-refractivity contribution < 1.29 is 13.2 Å². The number of piperazine rings is 1. The maximum atomic E-state index is 12.5. The van der Waals surface area contributed by atoms with E-state index in [1.54, 1.807) is 23.6 Å². The van der Waals surface area contributed by atoms with E-state index in [-0.39, 0.29) is 18.9 Å². The monoisotopic (exact) mass is 470 g/mol. The third-order valence-corrected chi connectivity index (χ3v) is 8.58. The van der Waals surface area contributed by atoms with E-state index in [9.17, 15) is 13.2 Å². The van der Waals surface area contributed by atoms with Gasteiger partial charge in [0.2, 0.25) is 5.91 Å². The highest BCUT2D eigenvalue weighted by atomic mass is 35.5. The molecule has 7 nitrogen and oxygen atoms in total. The van der Waals surface area contributed by atoms with Gasteiger partial charge in [-0.15, -0.1) is 11.3 Å². The number of carbonyl (C=O) groups is 1. The van der Waals surface area contributed by atoms with Crippen molar-refractivity contribution in [2.75, 3.05) is 57.0 Å². The number of carbonyl (C=O) groups excluding carboxylic acids is 1. The zero-order chi connectivity index (χ0) is 21.7. The lowest BCUT2D eigenvalue weighted by atomic mass is 10.2. The molecule has 0 spiro atoms. The second kappa shape index (κ2) is 10.1. The van der Waals surface area contributed by atoms with E-state index >= 15 is 0 Å². The molecule has 1 aliphatic rings. The third-order valence-electron chi connectivity index (χ3n) is 5.11. The van der Waals surface area contributed by atoms with E-state index < -0.39 is 10.0 Å². The molecule has 1 saturated heterocycles. The molecule has 164 valence electrons. The number of hydrogen-bond acceptors (Lipinski definition) is 6. The van der Waals surface area contributed by atoms with Gasteiger partial charge in [0.05, 0.1) is 11.4 Å². The average Bonchev–Trinajstić information content (AvgIpc) is 3.24. The van der Waals surface area contributed by atoms with Gasteiger partial charge in [0.15, 0.2) is 0 Å². The molecule has 1 aliphatic heterocycles. The summed E-state index contributed by atoms with van der Waals surface area (Å²) in [7, 11) is 0.140. The van der Waals surface area contributed by atoms with Gasteiger partial charge in [0, 0.05) is 51.2 Å². The van der Waals surface area contributed by atoms with Crippen molar-refractivity contribution in [2.45, 2.75) is 17.1 Å². The molecule has 1 amide bonds. The van der Waals surface area contributed by atoms with Crippen LogP contribution >= 0.6 is 22.9 Å². The fourth-order valence-corrected chi connectivity index (χ4v) is 5.87. The van der Waals surface area contributed by atoms with Crippen LogP contribution in [-0.4, -0.2) is 70.3 Å². The summed E-state index contributed by atoms with van der Waals surface area (Å²) in [6.45, 7) is 3.95. The first-order valence-corrected chi connectivity index (χ1v) is 12.5. The molecule has 30 heavy (non-hydrogen) atoms. The second-order valence-corrected chi connectivity index (χ2v) is 11.0. The quantitative estimate of drug-likeness (QED) is 0.641. The zero-order valence-electron chi connectivity index (χ0n) is 17.2. The number of rotatable bonds is 8. The van der Waals surface area contributed by atoms with Gasteiger partial charge in [-0.1, -0.05) is 17.7 Å². The molecule has 1 N–H and O–H groups in total. The lowest BCUT2D eigenvalue weighted by Crippen LogP contribution is -2.44. The molecule has 0 radical (unpaired) electrons. The fourth-order valence-electron chi connectivity index (χ4n) is 3.29. The van der Waals surface area contributed by atoms with Crippen LogP contribution in [0.2, 0.25) is 5.02 Å². The molecule has 3 rings (SSSR count). The van der Waals surface area contributed by atoms with Gasteiger partial charge < -0.3 is 15.1 Å². The molecule has 1 aromatic heterocycles. The van der Waals surface area contributed by atoms with E-state index in [1.807, 2.05) is 12.1 Å². The average molecular weight is 471 g/mol. The van der Waals surface area contributed by atoms with Crippen LogP contribution < -0.4 is 10.2 Å². The zero-order valence-corrected chi connectivity index (χ0v) is 19.6. The first-order chi connectivity index (χ1) is 14.3. The number of amides is 1. The molecule has 2 aromatic rings. The molecule has 0 bridgehead atoms. The summed E-state index contributed by atoms with van der Waals surface area (Å²) in [6, 6.07) is 8.82. The number of likely N-dealkylation sites (N-methyl/N-ethyl adjacent to an activating group) is 1. The van der Waals surface area contributed by atoms with Crippen molar-refractivity contribution in [3.63, 3.8) is 0 Å². The minimum absolute atomic E-state index is 0.158. The maximum absolute atomic E-state index is 12.5. The summed E-state index contributed by atoms with van der Waals surface area (Å²) in [5, 5.41) is 5.25. The van der Waals surface area contributed by atoms with Gasteiger partial charge >= 0.3 is 0 Å². The highest BCUT2D eigenvalue weighted by Crippen LogP contribution is 2.30.